The van der Waals surface area contributed by atoms with E-state index in [4.69, 9.17) is 4.52 Å². The van der Waals surface area contributed by atoms with E-state index in [0.29, 0.717) is 30.6 Å². The molecule has 7 heteroatoms. The van der Waals surface area contributed by atoms with Gasteiger partial charge in [-0.15, -0.1) is 0 Å². The summed E-state index contributed by atoms with van der Waals surface area (Å²) >= 11 is 0. The molecule has 0 bridgehead atoms. The summed E-state index contributed by atoms with van der Waals surface area (Å²) in [6.07, 6.45) is 10.4. The van der Waals surface area contributed by atoms with Gasteiger partial charge in [0.05, 0.1) is 6.20 Å². The third-order valence-corrected chi connectivity index (χ3v) is 5.13. The lowest BCUT2D eigenvalue weighted by molar-refractivity contribution is -0.130. The molecule has 1 atom stereocenters. The lowest BCUT2D eigenvalue weighted by Gasteiger charge is -2.16. The van der Waals surface area contributed by atoms with Crippen molar-refractivity contribution in [2.45, 2.75) is 50.9 Å². The molecular formula is C18H25N5O2. The van der Waals surface area contributed by atoms with Crippen LogP contribution in [0, 0.1) is 5.92 Å². The molecule has 7 nitrogen and oxygen atoms in total. The number of rotatable bonds is 7. The number of aromatic nitrogens is 4. The van der Waals surface area contributed by atoms with E-state index in [1.165, 1.54) is 18.4 Å². The first kappa shape index (κ1) is 16.3. The fraction of sp³-hybridized carbons (Fsp3) is 0.667. The quantitative estimate of drug-likeness (QED) is 0.769. The summed E-state index contributed by atoms with van der Waals surface area (Å²) in [5.74, 6) is 2.82. The van der Waals surface area contributed by atoms with E-state index in [1.54, 1.807) is 0 Å². The number of nitrogens with zero attached hydrogens (tertiary/aromatic N) is 5. The molecule has 2 aromatic heterocycles. The van der Waals surface area contributed by atoms with Crippen LogP contribution in [0.4, 0.5) is 0 Å². The van der Waals surface area contributed by atoms with Crippen molar-refractivity contribution in [1.82, 2.24) is 24.8 Å². The van der Waals surface area contributed by atoms with Crippen molar-refractivity contribution in [2.24, 2.45) is 13.0 Å². The Kier molecular flexibility index (Phi) is 4.55. The van der Waals surface area contributed by atoms with E-state index in [9.17, 15) is 4.79 Å². The summed E-state index contributed by atoms with van der Waals surface area (Å²) < 4.78 is 7.10. The summed E-state index contributed by atoms with van der Waals surface area (Å²) in [7, 11) is 1.94. The minimum absolute atomic E-state index is 0.246. The minimum Gasteiger partial charge on any atom is -0.342 e. The predicted octanol–water partition coefficient (Wildman–Crippen LogP) is 2.09. The van der Waals surface area contributed by atoms with Crippen molar-refractivity contribution < 1.29 is 9.32 Å². The van der Waals surface area contributed by atoms with E-state index in [-0.39, 0.29) is 5.91 Å². The number of carbonyl (C=O) groups is 1. The van der Waals surface area contributed by atoms with Crippen molar-refractivity contribution in [3.63, 3.8) is 0 Å². The molecule has 0 spiro atoms. The number of likely N-dealkylation sites (tertiary alicyclic amines) is 1. The van der Waals surface area contributed by atoms with Gasteiger partial charge in [-0.3, -0.25) is 9.48 Å². The average Bonchev–Trinajstić information content (AvgIpc) is 2.97. The first-order valence-electron chi connectivity index (χ1n) is 9.25. The Hall–Kier alpha value is -2.18. The Morgan fingerprint density at radius 2 is 2.24 bits per heavy atom. The van der Waals surface area contributed by atoms with E-state index >= 15 is 0 Å². The first-order valence-corrected chi connectivity index (χ1v) is 9.25. The smallest absolute Gasteiger partial charge is 0.226 e. The van der Waals surface area contributed by atoms with Gasteiger partial charge in [0.15, 0.2) is 5.82 Å². The van der Waals surface area contributed by atoms with Gasteiger partial charge in [-0.25, -0.2) is 0 Å². The molecule has 0 radical (unpaired) electrons. The summed E-state index contributed by atoms with van der Waals surface area (Å²) in [6.45, 7) is 1.73. The largest absolute Gasteiger partial charge is 0.342 e. The first-order chi connectivity index (χ1) is 12.2. The van der Waals surface area contributed by atoms with Gasteiger partial charge in [0, 0.05) is 45.1 Å². The van der Waals surface area contributed by atoms with E-state index in [0.717, 1.165) is 38.2 Å². The van der Waals surface area contributed by atoms with Crippen molar-refractivity contribution in [1.29, 1.82) is 0 Å². The Morgan fingerprint density at radius 3 is 3.00 bits per heavy atom. The minimum atomic E-state index is 0.246. The van der Waals surface area contributed by atoms with E-state index in [2.05, 4.69) is 21.4 Å². The van der Waals surface area contributed by atoms with E-state index in [1.807, 2.05) is 22.8 Å². The zero-order valence-electron chi connectivity index (χ0n) is 14.7. The molecule has 1 aliphatic carbocycles. The van der Waals surface area contributed by atoms with Gasteiger partial charge in [-0.05, 0) is 43.6 Å². The second kappa shape index (κ2) is 6.98. The Morgan fingerprint density at radius 1 is 1.36 bits per heavy atom. The molecule has 1 saturated carbocycles. The van der Waals surface area contributed by atoms with Gasteiger partial charge in [0.2, 0.25) is 11.8 Å². The molecule has 25 heavy (non-hydrogen) atoms. The molecule has 2 fully saturated rings. The van der Waals surface area contributed by atoms with Crippen LogP contribution in [0.5, 0.6) is 0 Å². The Labute approximate surface area is 147 Å². The predicted molar refractivity (Wildman–Crippen MR) is 90.8 cm³/mol. The molecule has 1 aliphatic heterocycles. The van der Waals surface area contributed by atoms with Crippen LogP contribution in [0.3, 0.4) is 0 Å². The third-order valence-electron chi connectivity index (χ3n) is 5.13. The molecular weight excluding hydrogens is 318 g/mol. The third kappa shape index (κ3) is 4.08. The lowest BCUT2D eigenvalue weighted by Crippen LogP contribution is -2.28. The van der Waals surface area contributed by atoms with Crippen LogP contribution in [0.25, 0.3) is 0 Å². The van der Waals surface area contributed by atoms with Gasteiger partial charge in [-0.2, -0.15) is 10.1 Å². The van der Waals surface area contributed by atoms with Crippen molar-refractivity contribution in [3.8, 4) is 0 Å². The second-order valence-corrected chi connectivity index (χ2v) is 7.39. The van der Waals surface area contributed by atoms with E-state index < -0.39 is 0 Å². The van der Waals surface area contributed by atoms with Crippen LogP contribution in [-0.4, -0.2) is 43.8 Å². The standard InChI is InChI=1S/C18H25N5O2/c1-22-11-14(10-19-22)9-13-7-8-23(12-13)17(24)4-2-3-16-20-18(21-25-16)15-5-6-15/h10-11,13,15H,2-9,12H2,1H3. The van der Waals surface area contributed by atoms with Gasteiger partial charge < -0.3 is 9.42 Å². The number of hydrogen-bond donors (Lipinski definition) is 0. The highest BCUT2D eigenvalue weighted by atomic mass is 16.5. The van der Waals surface area contributed by atoms with Crippen LogP contribution in [0.1, 0.15) is 55.3 Å². The van der Waals surface area contributed by atoms with Crippen LogP contribution < -0.4 is 0 Å². The Bertz CT molecular complexity index is 733. The normalized spacial score (nSPS) is 20.4. The number of aryl methyl sites for hydroxylation is 2. The summed E-state index contributed by atoms with van der Waals surface area (Å²) in [6, 6.07) is 0. The van der Waals surface area contributed by atoms with Crippen LogP contribution in [-0.2, 0) is 24.7 Å². The fourth-order valence-corrected chi connectivity index (χ4v) is 3.56. The molecule has 1 amide bonds. The topological polar surface area (TPSA) is 77.0 Å². The average molecular weight is 343 g/mol. The summed E-state index contributed by atoms with van der Waals surface area (Å²) in [4.78, 5) is 18.8. The molecule has 0 aromatic carbocycles. The highest BCUT2D eigenvalue weighted by molar-refractivity contribution is 5.76. The summed E-state index contributed by atoms with van der Waals surface area (Å²) in [5, 5.41) is 8.23. The van der Waals surface area contributed by atoms with Crippen LogP contribution in [0.15, 0.2) is 16.9 Å². The van der Waals surface area contributed by atoms with Gasteiger partial charge in [0.25, 0.3) is 0 Å². The van der Waals surface area contributed by atoms with Gasteiger partial charge >= 0.3 is 0 Å². The SMILES string of the molecule is Cn1cc(CC2CCN(C(=O)CCCc3nc(C4CC4)no3)C2)cn1. The molecule has 4 rings (SSSR count). The number of amides is 1. The number of hydrogen-bond acceptors (Lipinski definition) is 5. The van der Waals surface area contributed by atoms with Crippen LogP contribution >= 0.6 is 0 Å². The molecule has 134 valence electrons. The maximum absolute atomic E-state index is 12.4. The lowest BCUT2D eigenvalue weighted by atomic mass is 10.0. The fourth-order valence-electron chi connectivity index (χ4n) is 3.56. The highest BCUT2D eigenvalue weighted by Crippen LogP contribution is 2.38. The molecule has 1 saturated heterocycles. The molecule has 0 N–H and O–H groups in total. The zero-order chi connectivity index (χ0) is 17.2. The maximum atomic E-state index is 12.4. The second-order valence-electron chi connectivity index (χ2n) is 7.39. The molecule has 2 aliphatic rings. The monoisotopic (exact) mass is 343 g/mol. The van der Waals surface area contributed by atoms with Crippen molar-refractivity contribution in [2.75, 3.05) is 13.1 Å². The number of carbonyl (C=O) groups excluding carboxylic acids is 1. The molecule has 2 aromatic rings. The molecule has 3 heterocycles. The maximum Gasteiger partial charge on any atom is 0.226 e. The van der Waals surface area contributed by atoms with Crippen molar-refractivity contribution in [3.05, 3.63) is 29.7 Å². The van der Waals surface area contributed by atoms with Crippen molar-refractivity contribution >= 4 is 5.91 Å². The highest BCUT2D eigenvalue weighted by Gasteiger charge is 2.29. The Balaban J connectivity index is 1.19. The van der Waals surface area contributed by atoms with Gasteiger partial charge in [-0.1, -0.05) is 5.16 Å². The van der Waals surface area contributed by atoms with Crippen LogP contribution in [0.2, 0.25) is 0 Å². The van der Waals surface area contributed by atoms with Gasteiger partial charge in [0.1, 0.15) is 0 Å². The molecule has 1 unspecified atom stereocenters. The zero-order valence-corrected chi connectivity index (χ0v) is 14.7. The summed E-state index contributed by atoms with van der Waals surface area (Å²) in [5.41, 5.74) is 1.25.